The van der Waals surface area contributed by atoms with E-state index in [0.29, 0.717) is 6.04 Å². The second kappa shape index (κ2) is 5.16. The molecule has 104 valence electrons. The van der Waals surface area contributed by atoms with Crippen LogP contribution in [0.4, 0.5) is 15.8 Å². The maximum Gasteiger partial charge on any atom is 0.125 e. The van der Waals surface area contributed by atoms with E-state index in [1.165, 1.54) is 11.6 Å². The van der Waals surface area contributed by atoms with Crippen LogP contribution < -0.4 is 10.2 Å². The van der Waals surface area contributed by atoms with Gasteiger partial charge in [-0.25, -0.2) is 4.39 Å². The minimum absolute atomic E-state index is 0.188. The summed E-state index contributed by atoms with van der Waals surface area (Å²) >= 11 is 0. The molecule has 3 heteroatoms. The molecule has 0 aromatic heterocycles. The van der Waals surface area contributed by atoms with E-state index in [1.807, 2.05) is 24.3 Å². The van der Waals surface area contributed by atoms with Gasteiger partial charge in [-0.2, -0.15) is 0 Å². The van der Waals surface area contributed by atoms with E-state index in [-0.39, 0.29) is 11.9 Å². The number of halogens is 1. The molecule has 1 N–H and O–H groups in total. The van der Waals surface area contributed by atoms with Gasteiger partial charge in [-0.15, -0.1) is 0 Å². The molecule has 1 aliphatic heterocycles. The van der Waals surface area contributed by atoms with Crippen molar-refractivity contribution in [3.8, 4) is 0 Å². The normalized spacial score (nSPS) is 17.8. The smallest absolute Gasteiger partial charge is 0.125 e. The first-order chi connectivity index (χ1) is 9.65. The van der Waals surface area contributed by atoms with Crippen molar-refractivity contribution in [2.24, 2.45) is 0 Å². The minimum Gasteiger partial charge on any atom is -0.375 e. The van der Waals surface area contributed by atoms with Crippen molar-refractivity contribution >= 4 is 11.4 Å². The molecule has 0 fully saturated rings. The maximum atomic E-state index is 13.5. The van der Waals surface area contributed by atoms with Gasteiger partial charge in [0.15, 0.2) is 0 Å². The van der Waals surface area contributed by atoms with Crippen LogP contribution in [0.1, 0.15) is 25.5 Å². The summed E-state index contributed by atoms with van der Waals surface area (Å²) in [5.41, 5.74) is 3.18. The van der Waals surface area contributed by atoms with E-state index in [1.54, 1.807) is 6.07 Å². The zero-order chi connectivity index (χ0) is 14.1. The lowest BCUT2D eigenvalue weighted by Gasteiger charge is -2.40. The molecule has 0 saturated heterocycles. The van der Waals surface area contributed by atoms with E-state index in [4.69, 9.17) is 0 Å². The zero-order valence-electron chi connectivity index (χ0n) is 11.8. The maximum absolute atomic E-state index is 13.5. The van der Waals surface area contributed by atoms with Gasteiger partial charge in [-0.3, -0.25) is 0 Å². The van der Waals surface area contributed by atoms with E-state index >= 15 is 0 Å². The second-order valence-electron chi connectivity index (χ2n) is 5.52. The number of hydrogen-bond donors (Lipinski definition) is 1. The highest BCUT2D eigenvalue weighted by atomic mass is 19.1. The molecule has 2 aromatic carbocycles. The van der Waals surface area contributed by atoms with Gasteiger partial charge >= 0.3 is 0 Å². The largest absolute Gasteiger partial charge is 0.375 e. The Hall–Kier alpha value is -2.03. The molecule has 0 aliphatic carbocycles. The van der Waals surface area contributed by atoms with Crippen molar-refractivity contribution in [2.45, 2.75) is 25.9 Å². The number of anilines is 2. The average Bonchev–Trinajstić information content (AvgIpc) is 2.46. The van der Waals surface area contributed by atoms with Gasteiger partial charge in [0.1, 0.15) is 5.82 Å². The quantitative estimate of drug-likeness (QED) is 0.879. The third kappa shape index (κ3) is 2.36. The van der Waals surface area contributed by atoms with Crippen LogP contribution in [0, 0.1) is 5.82 Å². The van der Waals surface area contributed by atoms with Crippen molar-refractivity contribution < 1.29 is 4.39 Å². The van der Waals surface area contributed by atoms with Crippen molar-refractivity contribution in [1.29, 1.82) is 0 Å². The fourth-order valence-electron chi connectivity index (χ4n) is 2.77. The monoisotopic (exact) mass is 270 g/mol. The fourth-order valence-corrected chi connectivity index (χ4v) is 2.77. The summed E-state index contributed by atoms with van der Waals surface area (Å²) in [5.74, 6) is -0.200. The molecule has 2 aromatic rings. The predicted molar refractivity (Wildman–Crippen MR) is 81.7 cm³/mol. The van der Waals surface area contributed by atoms with Crippen molar-refractivity contribution in [3.63, 3.8) is 0 Å². The molecule has 0 unspecified atom stereocenters. The highest BCUT2D eigenvalue weighted by Gasteiger charge is 2.26. The summed E-state index contributed by atoms with van der Waals surface area (Å²) in [6.45, 7) is 5.22. The molecule has 2 nitrogen and oxygen atoms in total. The van der Waals surface area contributed by atoms with E-state index in [2.05, 4.69) is 36.2 Å². The van der Waals surface area contributed by atoms with Crippen LogP contribution in [-0.4, -0.2) is 12.6 Å². The van der Waals surface area contributed by atoms with Gasteiger partial charge in [0.25, 0.3) is 0 Å². The topological polar surface area (TPSA) is 15.3 Å². The summed E-state index contributed by atoms with van der Waals surface area (Å²) in [6, 6.07) is 15.9. The van der Waals surface area contributed by atoms with E-state index < -0.39 is 0 Å². The first kappa shape index (κ1) is 13.0. The Morgan fingerprint density at radius 1 is 1.15 bits per heavy atom. The van der Waals surface area contributed by atoms with Crippen molar-refractivity contribution in [2.75, 3.05) is 16.8 Å². The van der Waals surface area contributed by atoms with E-state index in [0.717, 1.165) is 17.9 Å². The van der Waals surface area contributed by atoms with Crippen LogP contribution in [0.3, 0.4) is 0 Å². The molecule has 0 spiro atoms. The number of rotatable bonds is 2. The summed E-state index contributed by atoms with van der Waals surface area (Å²) in [6.07, 6.45) is 0. The van der Waals surface area contributed by atoms with Gasteiger partial charge in [-0.1, -0.05) is 30.3 Å². The van der Waals surface area contributed by atoms with Gasteiger partial charge in [0.05, 0.1) is 17.4 Å². The molecule has 0 bridgehead atoms. The number of hydrogen-bond acceptors (Lipinski definition) is 2. The first-order valence-electron chi connectivity index (χ1n) is 7.03. The van der Waals surface area contributed by atoms with Crippen LogP contribution in [0.5, 0.6) is 0 Å². The Morgan fingerprint density at radius 2 is 1.90 bits per heavy atom. The number of benzene rings is 2. The second-order valence-corrected chi connectivity index (χ2v) is 5.52. The van der Waals surface area contributed by atoms with Crippen LogP contribution >= 0.6 is 0 Å². The molecule has 0 saturated carbocycles. The average molecular weight is 270 g/mol. The lowest BCUT2D eigenvalue weighted by Crippen LogP contribution is -2.40. The molecule has 0 amide bonds. The fraction of sp³-hybridized carbons (Fsp3) is 0.294. The molecule has 0 radical (unpaired) electrons. The van der Waals surface area contributed by atoms with Crippen molar-refractivity contribution in [1.82, 2.24) is 0 Å². The molecule has 1 heterocycles. The highest BCUT2D eigenvalue weighted by molar-refractivity contribution is 5.73. The Labute approximate surface area is 119 Å². The molecule has 1 atom stereocenters. The molecular formula is C17H19FN2. The molecule has 3 rings (SSSR count). The lowest BCUT2D eigenvalue weighted by atomic mass is 10.0. The Kier molecular flexibility index (Phi) is 3.35. The molecule has 1 aliphatic rings. The number of nitrogens with zero attached hydrogens (tertiary/aromatic N) is 1. The third-order valence-corrected chi connectivity index (χ3v) is 3.80. The van der Waals surface area contributed by atoms with Gasteiger partial charge in [-0.05, 0) is 37.6 Å². The third-order valence-electron chi connectivity index (χ3n) is 3.80. The van der Waals surface area contributed by atoms with Crippen LogP contribution in [0.25, 0.3) is 0 Å². The minimum atomic E-state index is -0.200. The summed E-state index contributed by atoms with van der Waals surface area (Å²) in [5, 5.41) is 3.46. The van der Waals surface area contributed by atoms with E-state index in [9.17, 15) is 4.39 Å². The van der Waals surface area contributed by atoms with Gasteiger partial charge < -0.3 is 10.2 Å². The Morgan fingerprint density at radius 3 is 2.60 bits per heavy atom. The Bertz CT molecular complexity index is 595. The van der Waals surface area contributed by atoms with Crippen LogP contribution in [0.15, 0.2) is 48.5 Å². The highest BCUT2D eigenvalue weighted by Crippen LogP contribution is 2.37. The Balaban J connectivity index is 2.00. The lowest BCUT2D eigenvalue weighted by molar-refractivity contribution is 0.605. The van der Waals surface area contributed by atoms with Crippen LogP contribution in [0.2, 0.25) is 0 Å². The van der Waals surface area contributed by atoms with Crippen LogP contribution in [-0.2, 0) is 0 Å². The molecular weight excluding hydrogens is 251 g/mol. The molecule has 20 heavy (non-hydrogen) atoms. The summed E-state index contributed by atoms with van der Waals surface area (Å²) in [4.78, 5) is 2.32. The summed E-state index contributed by atoms with van der Waals surface area (Å²) < 4.78 is 13.5. The first-order valence-corrected chi connectivity index (χ1v) is 7.03. The predicted octanol–water partition coefficient (Wildman–Crippen LogP) is 4.21. The van der Waals surface area contributed by atoms with Gasteiger partial charge in [0, 0.05) is 12.6 Å². The number of nitrogens with one attached hydrogen (secondary N) is 1. The number of fused-ring (bicyclic) bond motifs is 1. The van der Waals surface area contributed by atoms with Gasteiger partial charge in [0.2, 0.25) is 0 Å². The SMILES string of the molecule is CC(C)N1C[C@H](c2ccccc2)Nc2cc(F)ccc21. The van der Waals surface area contributed by atoms with Crippen molar-refractivity contribution in [3.05, 3.63) is 59.9 Å². The summed E-state index contributed by atoms with van der Waals surface area (Å²) in [7, 11) is 0. The standard InChI is InChI=1S/C17H19FN2/c1-12(2)20-11-16(13-6-4-3-5-7-13)19-15-10-14(18)8-9-17(15)20/h3-10,12,16,19H,11H2,1-2H3/t16-/m1/s1. The zero-order valence-corrected chi connectivity index (χ0v) is 11.8.